The Bertz CT molecular complexity index is 394. The van der Waals surface area contributed by atoms with Gasteiger partial charge in [0.2, 0.25) is 0 Å². The molecule has 1 saturated carbocycles. The van der Waals surface area contributed by atoms with Crippen LogP contribution in [0.4, 0.5) is 0 Å². The van der Waals surface area contributed by atoms with Crippen molar-refractivity contribution in [2.75, 3.05) is 0 Å². The van der Waals surface area contributed by atoms with Crippen LogP contribution in [0.25, 0.3) is 0 Å². The van der Waals surface area contributed by atoms with Gasteiger partial charge in [0, 0.05) is 15.9 Å². The van der Waals surface area contributed by atoms with Crippen molar-refractivity contribution < 1.29 is 4.74 Å². The van der Waals surface area contributed by atoms with Gasteiger partial charge in [0.15, 0.2) is 0 Å². The fourth-order valence-corrected chi connectivity index (χ4v) is 3.30. The van der Waals surface area contributed by atoms with Crippen LogP contribution in [-0.4, -0.2) is 6.10 Å². The first-order valence-electron chi connectivity index (χ1n) is 6.74. The van der Waals surface area contributed by atoms with Crippen LogP contribution < -0.4 is 4.74 Å². The van der Waals surface area contributed by atoms with Gasteiger partial charge in [-0.1, -0.05) is 47.3 Å². The predicted molar refractivity (Wildman–Crippen MR) is 80.7 cm³/mol. The third-order valence-electron chi connectivity index (χ3n) is 3.77. The lowest BCUT2D eigenvalue weighted by Gasteiger charge is -2.29. The molecule has 0 saturated heterocycles. The Balaban J connectivity index is 2.04. The van der Waals surface area contributed by atoms with Crippen molar-refractivity contribution in [3.8, 4) is 5.75 Å². The number of benzene rings is 1. The van der Waals surface area contributed by atoms with Crippen molar-refractivity contribution in [2.24, 2.45) is 5.92 Å². The van der Waals surface area contributed by atoms with Gasteiger partial charge in [-0.05, 0) is 43.4 Å². The van der Waals surface area contributed by atoms with E-state index >= 15 is 0 Å². The topological polar surface area (TPSA) is 9.23 Å². The molecule has 0 radical (unpaired) electrons. The van der Waals surface area contributed by atoms with Gasteiger partial charge in [0.1, 0.15) is 5.75 Å². The summed E-state index contributed by atoms with van der Waals surface area (Å²) >= 11 is 9.50. The molecule has 0 aliphatic heterocycles. The molecule has 2 rings (SSSR count). The average Bonchev–Trinajstić information content (AvgIpc) is 2.41. The second-order valence-corrected chi connectivity index (χ2v) is 6.06. The number of hydrogen-bond acceptors (Lipinski definition) is 1. The zero-order valence-corrected chi connectivity index (χ0v) is 13.1. The predicted octanol–water partition coefficient (Wildman–Crippen LogP) is 5.58. The molecule has 2 unspecified atom stereocenters. The van der Waals surface area contributed by atoms with Gasteiger partial charge >= 0.3 is 0 Å². The zero-order valence-electron chi connectivity index (χ0n) is 10.8. The summed E-state index contributed by atoms with van der Waals surface area (Å²) in [6.07, 6.45) is 6.68. The van der Waals surface area contributed by atoms with Crippen LogP contribution >= 0.6 is 27.5 Å². The number of alkyl halides is 1. The van der Waals surface area contributed by atoms with Crippen LogP contribution in [0.3, 0.4) is 0 Å². The molecule has 1 aromatic rings. The van der Waals surface area contributed by atoms with Gasteiger partial charge in [-0.2, -0.15) is 0 Å². The summed E-state index contributed by atoms with van der Waals surface area (Å²) in [5.74, 6) is 1.82. The van der Waals surface area contributed by atoms with E-state index in [0.29, 0.717) is 6.10 Å². The molecule has 1 fully saturated rings. The van der Waals surface area contributed by atoms with E-state index in [1.54, 1.807) is 0 Å². The molecule has 100 valence electrons. The molecule has 2 atom stereocenters. The maximum absolute atomic E-state index is 6.18. The maximum Gasteiger partial charge on any atom is 0.123 e. The first-order valence-corrected chi connectivity index (χ1v) is 8.24. The molecule has 0 N–H and O–H groups in total. The van der Waals surface area contributed by atoms with Gasteiger partial charge < -0.3 is 4.74 Å². The van der Waals surface area contributed by atoms with Crippen LogP contribution in [0, 0.1) is 5.92 Å². The summed E-state index contributed by atoms with van der Waals surface area (Å²) in [5.41, 5.74) is 1.14. The molecule has 0 amide bonds. The van der Waals surface area contributed by atoms with E-state index in [2.05, 4.69) is 22.9 Å². The fourth-order valence-electron chi connectivity index (χ4n) is 2.67. The summed E-state index contributed by atoms with van der Waals surface area (Å²) in [6.45, 7) is 2.28. The van der Waals surface area contributed by atoms with Crippen molar-refractivity contribution in [1.82, 2.24) is 0 Å². The third-order valence-corrected chi connectivity index (χ3v) is 4.61. The number of rotatable bonds is 4. The van der Waals surface area contributed by atoms with E-state index < -0.39 is 0 Å². The van der Waals surface area contributed by atoms with Crippen LogP contribution in [0.15, 0.2) is 18.2 Å². The number of hydrogen-bond donors (Lipinski definition) is 0. The fraction of sp³-hybridized carbons (Fsp3) is 0.600. The van der Waals surface area contributed by atoms with Crippen LogP contribution in [-0.2, 0) is 5.33 Å². The van der Waals surface area contributed by atoms with Gasteiger partial charge in [-0.15, -0.1) is 0 Å². The smallest absolute Gasteiger partial charge is 0.123 e. The van der Waals surface area contributed by atoms with Gasteiger partial charge in [-0.3, -0.25) is 0 Å². The van der Waals surface area contributed by atoms with E-state index in [-0.39, 0.29) is 0 Å². The van der Waals surface area contributed by atoms with Crippen molar-refractivity contribution >= 4 is 27.5 Å². The number of ether oxygens (including phenoxy) is 1. The lowest BCUT2D eigenvalue weighted by atomic mass is 9.85. The summed E-state index contributed by atoms with van der Waals surface area (Å²) in [6, 6.07) is 5.88. The molecule has 18 heavy (non-hydrogen) atoms. The Morgan fingerprint density at radius 2 is 2.22 bits per heavy atom. The molecular formula is C15H20BrClO. The molecule has 1 aliphatic rings. The third kappa shape index (κ3) is 3.64. The van der Waals surface area contributed by atoms with Crippen molar-refractivity contribution in [3.05, 3.63) is 28.8 Å². The van der Waals surface area contributed by atoms with Crippen LogP contribution in [0.5, 0.6) is 5.75 Å². The quantitative estimate of drug-likeness (QED) is 0.654. The summed E-state index contributed by atoms with van der Waals surface area (Å²) < 4.78 is 6.18. The van der Waals surface area contributed by atoms with Gasteiger partial charge in [-0.25, -0.2) is 0 Å². The van der Waals surface area contributed by atoms with Crippen LogP contribution in [0.2, 0.25) is 5.02 Å². The standard InChI is InChI=1S/C15H20BrClO/c1-2-11-4-3-5-14(8-11)18-15-7-6-13(17)9-12(15)10-16/h6-7,9,11,14H,2-5,8,10H2,1H3. The highest BCUT2D eigenvalue weighted by Gasteiger charge is 2.22. The van der Waals surface area contributed by atoms with Crippen LogP contribution in [0.1, 0.15) is 44.6 Å². The summed E-state index contributed by atoms with van der Waals surface area (Å²) in [5, 5.41) is 1.55. The Labute approximate surface area is 123 Å². The van der Waals surface area contributed by atoms with Gasteiger partial charge in [0.05, 0.1) is 6.10 Å². The Hall–Kier alpha value is -0.210. The monoisotopic (exact) mass is 330 g/mol. The largest absolute Gasteiger partial charge is 0.490 e. The normalized spacial score (nSPS) is 23.9. The Morgan fingerprint density at radius 3 is 2.94 bits per heavy atom. The molecule has 1 aromatic carbocycles. The maximum atomic E-state index is 6.18. The molecule has 0 heterocycles. The zero-order chi connectivity index (χ0) is 13.0. The Morgan fingerprint density at radius 1 is 1.39 bits per heavy atom. The van der Waals surface area contributed by atoms with E-state index in [9.17, 15) is 0 Å². The van der Waals surface area contributed by atoms with Crippen molar-refractivity contribution in [3.63, 3.8) is 0 Å². The minimum Gasteiger partial charge on any atom is -0.490 e. The highest BCUT2D eigenvalue weighted by molar-refractivity contribution is 9.08. The molecule has 1 aliphatic carbocycles. The minimum absolute atomic E-state index is 0.377. The van der Waals surface area contributed by atoms with E-state index in [4.69, 9.17) is 16.3 Å². The Kier molecular flexibility index (Phi) is 5.38. The van der Waals surface area contributed by atoms with E-state index in [1.807, 2.05) is 18.2 Å². The molecular weight excluding hydrogens is 312 g/mol. The average molecular weight is 332 g/mol. The van der Waals surface area contributed by atoms with E-state index in [0.717, 1.165) is 27.6 Å². The summed E-state index contributed by atoms with van der Waals surface area (Å²) in [7, 11) is 0. The highest BCUT2D eigenvalue weighted by atomic mass is 79.9. The lowest BCUT2D eigenvalue weighted by molar-refractivity contribution is 0.121. The first-order chi connectivity index (χ1) is 8.72. The lowest BCUT2D eigenvalue weighted by Crippen LogP contribution is -2.25. The SMILES string of the molecule is CCC1CCCC(Oc2ccc(Cl)cc2CBr)C1. The first kappa shape index (κ1) is 14.2. The second kappa shape index (κ2) is 6.81. The molecule has 0 bridgehead atoms. The minimum atomic E-state index is 0.377. The molecule has 1 nitrogen and oxygen atoms in total. The van der Waals surface area contributed by atoms with Crippen molar-refractivity contribution in [2.45, 2.75) is 50.5 Å². The molecule has 0 aromatic heterocycles. The number of halogens is 2. The highest BCUT2D eigenvalue weighted by Crippen LogP contribution is 2.32. The summed E-state index contributed by atoms with van der Waals surface area (Å²) in [4.78, 5) is 0. The van der Waals surface area contributed by atoms with E-state index in [1.165, 1.54) is 32.1 Å². The molecule has 0 spiro atoms. The second-order valence-electron chi connectivity index (χ2n) is 5.07. The van der Waals surface area contributed by atoms with Crippen molar-refractivity contribution in [1.29, 1.82) is 0 Å². The van der Waals surface area contributed by atoms with Gasteiger partial charge in [0.25, 0.3) is 0 Å². The molecule has 3 heteroatoms.